The molecule has 2 nitrogen and oxygen atoms in total. The zero-order valence-corrected chi connectivity index (χ0v) is 5.10. The van der Waals surface area contributed by atoms with E-state index in [9.17, 15) is 4.39 Å². The van der Waals surface area contributed by atoms with E-state index in [1.54, 1.807) is 6.92 Å². The fourth-order valence-corrected chi connectivity index (χ4v) is 0.567. The van der Waals surface area contributed by atoms with E-state index >= 15 is 0 Å². The molecule has 0 amide bonds. The Hall–Kier alpha value is -0.830. The molecule has 0 saturated carbocycles. The summed E-state index contributed by atoms with van der Waals surface area (Å²) in [7, 11) is 0. The average Bonchev–Trinajstić information content (AvgIpc) is 2.14. The fraction of sp³-hybridized carbons (Fsp3) is 0.333. The molecule has 2 N–H and O–H groups in total. The molecule has 9 heavy (non-hydrogen) atoms. The predicted octanol–water partition coefficient (Wildman–Crippen LogP) is 1.44. The zero-order chi connectivity index (χ0) is 6.85. The second kappa shape index (κ2) is 2.19. The van der Waals surface area contributed by atoms with Crippen molar-refractivity contribution in [3.8, 4) is 0 Å². The van der Waals surface area contributed by atoms with Gasteiger partial charge in [0.1, 0.15) is 12.0 Å². The topological polar surface area (TPSA) is 39.2 Å². The number of nitrogens with two attached hydrogens (primary N) is 1. The van der Waals surface area contributed by atoms with E-state index < -0.39 is 0 Å². The molecular formula is C6H8FNO. The Labute approximate surface area is 52.5 Å². The van der Waals surface area contributed by atoms with Gasteiger partial charge in [-0.25, -0.2) is 4.39 Å². The smallest absolute Gasteiger partial charge is 0.161 e. The van der Waals surface area contributed by atoms with Crippen LogP contribution in [0.1, 0.15) is 18.7 Å². The number of hydrogen-bond acceptors (Lipinski definition) is 2. The summed E-state index contributed by atoms with van der Waals surface area (Å²) in [6, 6.07) is 1.06. The van der Waals surface area contributed by atoms with Crippen LogP contribution in [0.25, 0.3) is 0 Å². The highest BCUT2D eigenvalue weighted by Crippen LogP contribution is 2.11. The number of hydrogen-bond donors (Lipinski definition) is 1. The van der Waals surface area contributed by atoms with Gasteiger partial charge in [0.05, 0.1) is 6.04 Å². The van der Waals surface area contributed by atoms with Crippen molar-refractivity contribution in [2.75, 3.05) is 0 Å². The van der Waals surface area contributed by atoms with Crippen LogP contribution in [0.3, 0.4) is 0 Å². The minimum absolute atomic E-state index is 0.227. The van der Waals surface area contributed by atoms with Gasteiger partial charge in [0, 0.05) is 6.07 Å². The monoisotopic (exact) mass is 129 g/mol. The maximum Gasteiger partial charge on any atom is 0.161 e. The highest BCUT2D eigenvalue weighted by atomic mass is 19.1. The molecule has 0 aliphatic rings. The van der Waals surface area contributed by atoms with Crippen molar-refractivity contribution in [3.63, 3.8) is 0 Å². The molecule has 50 valence electrons. The first-order valence-electron chi connectivity index (χ1n) is 2.69. The summed E-state index contributed by atoms with van der Waals surface area (Å²) in [4.78, 5) is 0. The molecule has 1 aromatic heterocycles. The van der Waals surface area contributed by atoms with Gasteiger partial charge < -0.3 is 10.2 Å². The van der Waals surface area contributed by atoms with Crippen molar-refractivity contribution in [2.24, 2.45) is 5.73 Å². The standard InChI is InChI=1S/C6H8FNO/c1-4(8)6-2-5(7)3-9-6/h2-4H,8H2,1H3. The molecule has 0 saturated heterocycles. The Morgan fingerprint density at radius 1 is 1.78 bits per heavy atom. The van der Waals surface area contributed by atoms with Crippen LogP contribution in [0.5, 0.6) is 0 Å². The van der Waals surface area contributed by atoms with E-state index in [1.165, 1.54) is 6.07 Å². The quantitative estimate of drug-likeness (QED) is 0.623. The lowest BCUT2D eigenvalue weighted by Crippen LogP contribution is -2.02. The van der Waals surface area contributed by atoms with Crippen LogP contribution in [0.2, 0.25) is 0 Å². The highest BCUT2D eigenvalue weighted by molar-refractivity contribution is 5.04. The lowest BCUT2D eigenvalue weighted by molar-refractivity contribution is 0.469. The van der Waals surface area contributed by atoms with Crippen LogP contribution in [0.4, 0.5) is 4.39 Å². The number of rotatable bonds is 1. The summed E-state index contributed by atoms with van der Waals surface area (Å²) >= 11 is 0. The average molecular weight is 129 g/mol. The third-order valence-corrected chi connectivity index (χ3v) is 1.04. The van der Waals surface area contributed by atoms with Crippen molar-refractivity contribution >= 4 is 0 Å². The summed E-state index contributed by atoms with van der Waals surface area (Å²) < 4.78 is 16.9. The number of furan rings is 1. The van der Waals surface area contributed by atoms with Crippen LogP contribution < -0.4 is 5.73 Å². The van der Waals surface area contributed by atoms with Crippen molar-refractivity contribution in [1.82, 2.24) is 0 Å². The van der Waals surface area contributed by atoms with Crippen molar-refractivity contribution < 1.29 is 8.81 Å². The van der Waals surface area contributed by atoms with Crippen LogP contribution in [0, 0.1) is 5.82 Å². The Morgan fingerprint density at radius 2 is 2.44 bits per heavy atom. The van der Waals surface area contributed by atoms with Crippen molar-refractivity contribution in [1.29, 1.82) is 0 Å². The minimum Gasteiger partial charge on any atom is -0.465 e. The van der Waals surface area contributed by atoms with E-state index in [4.69, 9.17) is 10.2 Å². The molecule has 0 radical (unpaired) electrons. The summed E-state index contributed by atoms with van der Waals surface area (Å²) in [5.41, 5.74) is 5.37. The van der Waals surface area contributed by atoms with E-state index in [0.29, 0.717) is 5.76 Å². The maximum absolute atomic E-state index is 12.1. The Kier molecular flexibility index (Phi) is 1.53. The van der Waals surface area contributed by atoms with Crippen LogP contribution >= 0.6 is 0 Å². The first-order chi connectivity index (χ1) is 4.20. The van der Waals surface area contributed by atoms with Crippen LogP contribution in [-0.2, 0) is 0 Å². The van der Waals surface area contributed by atoms with Gasteiger partial charge in [-0.15, -0.1) is 0 Å². The van der Waals surface area contributed by atoms with E-state index in [2.05, 4.69) is 0 Å². The Bertz CT molecular complexity index is 195. The number of halogens is 1. The first kappa shape index (κ1) is 6.29. The van der Waals surface area contributed by atoms with E-state index in [1.807, 2.05) is 0 Å². The molecule has 0 aliphatic carbocycles. The van der Waals surface area contributed by atoms with Gasteiger partial charge in [0.2, 0.25) is 0 Å². The fourth-order valence-electron chi connectivity index (χ4n) is 0.567. The molecule has 1 aromatic rings. The van der Waals surface area contributed by atoms with Crippen molar-refractivity contribution in [2.45, 2.75) is 13.0 Å². The summed E-state index contributed by atoms with van der Waals surface area (Å²) in [6.45, 7) is 1.73. The summed E-state index contributed by atoms with van der Waals surface area (Å²) in [6.07, 6.45) is 1.04. The molecule has 1 heterocycles. The van der Waals surface area contributed by atoms with Gasteiger partial charge in [0.15, 0.2) is 5.82 Å². The van der Waals surface area contributed by atoms with Crippen molar-refractivity contribution in [3.05, 3.63) is 23.9 Å². The largest absolute Gasteiger partial charge is 0.465 e. The third kappa shape index (κ3) is 1.29. The van der Waals surface area contributed by atoms with Gasteiger partial charge in [-0.2, -0.15) is 0 Å². The van der Waals surface area contributed by atoms with Gasteiger partial charge in [-0.05, 0) is 6.92 Å². The Balaban J connectivity index is 2.85. The lowest BCUT2D eigenvalue weighted by atomic mass is 10.3. The molecule has 3 heteroatoms. The molecule has 0 aliphatic heterocycles. The molecule has 1 rings (SSSR count). The van der Waals surface area contributed by atoms with Gasteiger partial charge in [-0.3, -0.25) is 0 Å². The summed E-state index contributed by atoms with van der Waals surface area (Å²) in [5.74, 6) is 0.106. The molecular weight excluding hydrogens is 121 g/mol. The van der Waals surface area contributed by atoms with Gasteiger partial charge in [0.25, 0.3) is 0 Å². The van der Waals surface area contributed by atoms with Gasteiger partial charge >= 0.3 is 0 Å². The SMILES string of the molecule is CC(N)c1cc(F)co1. The highest BCUT2D eigenvalue weighted by Gasteiger charge is 2.03. The second-order valence-electron chi connectivity index (χ2n) is 1.96. The normalized spacial score (nSPS) is 13.7. The maximum atomic E-state index is 12.1. The zero-order valence-electron chi connectivity index (χ0n) is 5.10. The Morgan fingerprint density at radius 3 is 2.67 bits per heavy atom. The predicted molar refractivity (Wildman–Crippen MR) is 31.3 cm³/mol. The molecule has 0 aromatic carbocycles. The van der Waals surface area contributed by atoms with Gasteiger partial charge in [-0.1, -0.05) is 0 Å². The molecule has 1 unspecified atom stereocenters. The molecule has 0 fully saturated rings. The van der Waals surface area contributed by atoms with E-state index in [-0.39, 0.29) is 11.9 Å². The molecule has 1 atom stereocenters. The van der Waals surface area contributed by atoms with Crippen LogP contribution in [0.15, 0.2) is 16.7 Å². The summed E-state index contributed by atoms with van der Waals surface area (Å²) in [5, 5.41) is 0. The lowest BCUT2D eigenvalue weighted by Gasteiger charge is -1.95. The van der Waals surface area contributed by atoms with E-state index in [0.717, 1.165) is 6.26 Å². The molecule has 0 spiro atoms. The minimum atomic E-state index is -0.373. The molecule has 0 bridgehead atoms. The second-order valence-corrected chi connectivity index (χ2v) is 1.96. The third-order valence-electron chi connectivity index (χ3n) is 1.04. The first-order valence-corrected chi connectivity index (χ1v) is 2.69. The van der Waals surface area contributed by atoms with Crippen LogP contribution in [-0.4, -0.2) is 0 Å².